The number of thiazole rings is 2. The van der Waals surface area contributed by atoms with E-state index in [2.05, 4.69) is 106 Å². The van der Waals surface area contributed by atoms with Crippen LogP contribution in [0, 0.1) is 11.8 Å². The molecule has 8 aromatic rings. The second-order valence-corrected chi connectivity index (χ2v) is 31.3. The van der Waals surface area contributed by atoms with Gasteiger partial charge in [-0.1, -0.05) is 163 Å². The number of nitrogens with one attached hydrogen (secondary N) is 3. The number of rotatable bonds is 20. The van der Waals surface area contributed by atoms with Gasteiger partial charge in [0, 0.05) is 53.3 Å². The van der Waals surface area contributed by atoms with Gasteiger partial charge in [-0.2, -0.15) is 0 Å². The Bertz CT molecular complexity index is 4160. The van der Waals surface area contributed by atoms with Crippen molar-refractivity contribution >= 4 is 80.1 Å². The van der Waals surface area contributed by atoms with Gasteiger partial charge in [0.25, 0.3) is 0 Å². The Kier molecular flexibility index (Phi) is 29.5. The van der Waals surface area contributed by atoms with Gasteiger partial charge in [0.15, 0.2) is 0 Å². The van der Waals surface area contributed by atoms with Gasteiger partial charge in [-0.25, -0.2) is 24.4 Å². The summed E-state index contributed by atoms with van der Waals surface area (Å²) in [6.07, 6.45) is 12.5. The van der Waals surface area contributed by atoms with Gasteiger partial charge < -0.3 is 44.9 Å². The number of carboxylic acids is 1. The molecule has 2 saturated heterocycles. The number of nitrogens with zero attached hydrogens (tertiary/aromatic N) is 5. The molecular weight excluding hydrogens is 1360 g/mol. The quantitative estimate of drug-likeness (QED) is 0.0556. The average molecular weight is 1470 g/mol. The predicted molar refractivity (Wildman–Crippen MR) is 420 cm³/mol. The maximum atomic E-state index is 14.5. The van der Waals surface area contributed by atoms with E-state index < -0.39 is 59.4 Å². The van der Waals surface area contributed by atoms with Crippen LogP contribution in [-0.2, 0) is 41.9 Å². The van der Waals surface area contributed by atoms with Crippen LogP contribution in [0.1, 0.15) is 193 Å². The number of carbonyl (C=O) groups excluding carboxylic acids is 5. The number of aromatic nitrogens is 2. The van der Waals surface area contributed by atoms with Gasteiger partial charge >= 0.3 is 18.2 Å². The summed E-state index contributed by atoms with van der Waals surface area (Å²) in [6.45, 7) is 16.6. The fourth-order valence-corrected chi connectivity index (χ4v) is 15.7. The highest BCUT2D eigenvalue weighted by Crippen LogP contribution is 2.42. The average Bonchev–Trinajstić information content (AvgIpc) is 1.49. The van der Waals surface area contributed by atoms with Crippen LogP contribution in [0.3, 0.4) is 0 Å². The van der Waals surface area contributed by atoms with Crippen LogP contribution in [0.4, 0.5) is 9.59 Å². The van der Waals surface area contributed by atoms with E-state index >= 15 is 0 Å². The maximum Gasteiger partial charge on any atom is 0.410 e. The van der Waals surface area contributed by atoms with E-state index in [-0.39, 0.29) is 44.5 Å². The Morgan fingerprint density at radius 1 is 0.533 bits per heavy atom. The Morgan fingerprint density at radius 2 is 0.952 bits per heavy atom. The van der Waals surface area contributed by atoms with Crippen LogP contribution in [0.25, 0.3) is 44.1 Å². The number of amides is 5. The standard InChI is InChI=1S/C41H50N4O5S.C24H22N2OS.C17H30N2O5.2CH4/c1-27(44(5)40(48)50-41(2,3)4)37(46)43-36(29-17-10-7-11-18-29)39(47)45-24-14-21-34(45)38-42-33(26-51-38)31-22-23-35(32-20-13-12-19-30(31)32)49-25-28-15-8-6-9-16-28;1-2-7-17(8-3-1)15-27-23-13-12-19(18-9-4-5-10-20(18)23)22-16-28-24(26-22)21-11-6-14-25-21;1-11(19(5)16(23)24-17(2,3)4)14(20)18-13(15(21)22)12-9-7-6-8-10-12;;/h6,8-9,12-13,15-16,19-20,22-23,26-27,29,34,36H,7,10-11,14,17-18,21,24-25H2,1-5H3,(H,43,46);1-5,7-10,12-13,16,21,25H,6,11,14-15H2;11-13H,6-10H2,1-5H3,(H,18,20)(H,21,22);2*1H4/t27-,34-,36-;21-;11-,13-;;/m000../s1. The van der Waals surface area contributed by atoms with Crippen LogP contribution in [-0.4, -0.2) is 128 Å². The van der Waals surface area contributed by atoms with E-state index in [1.807, 2.05) is 59.5 Å². The van der Waals surface area contributed by atoms with Crippen molar-refractivity contribution in [2.75, 3.05) is 27.2 Å². The van der Waals surface area contributed by atoms with Gasteiger partial charge in [-0.15, -0.1) is 22.7 Å². The van der Waals surface area contributed by atoms with Crippen molar-refractivity contribution in [3.8, 4) is 34.0 Å². The van der Waals surface area contributed by atoms with Gasteiger partial charge in [0.2, 0.25) is 17.7 Å². The van der Waals surface area contributed by atoms with Crippen molar-refractivity contribution in [3.63, 3.8) is 0 Å². The first-order valence-corrected chi connectivity index (χ1v) is 38.2. The molecule has 5 amide bonds. The molecule has 6 atom stereocenters. The van der Waals surface area contributed by atoms with Crippen molar-refractivity contribution in [2.24, 2.45) is 11.8 Å². The Balaban J connectivity index is 0.000000218. The van der Waals surface area contributed by atoms with E-state index in [4.69, 9.17) is 28.9 Å². The molecule has 4 N–H and O–H groups in total. The largest absolute Gasteiger partial charge is 0.488 e. The summed E-state index contributed by atoms with van der Waals surface area (Å²) in [6, 6.07) is 42.5. The van der Waals surface area contributed by atoms with Crippen molar-refractivity contribution < 1.29 is 52.8 Å². The lowest BCUT2D eigenvalue weighted by Gasteiger charge is -2.36. The van der Waals surface area contributed by atoms with Gasteiger partial charge in [0.1, 0.15) is 70.1 Å². The zero-order valence-electron chi connectivity index (χ0n) is 61.3. The van der Waals surface area contributed by atoms with E-state index in [9.17, 15) is 33.9 Å². The molecule has 21 heteroatoms. The fourth-order valence-electron chi connectivity index (χ4n) is 13.8. The van der Waals surface area contributed by atoms with Crippen molar-refractivity contribution in [3.05, 3.63) is 165 Å². The second kappa shape index (κ2) is 37.9. The number of benzene rings is 6. The lowest BCUT2D eigenvalue weighted by Crippen LogP contribution is -2.56. The molecule has 19 nitrogen and oxygen atoms in total. The zero-order valence-corrected chi connectivity index (χ0v) is 62.9. The van der Waals surface area contributed by atoms with Gasteiger partial charge in [0.05, 0.1) is 23.5 Å². The molecule has 4 fully saturated rings. The van der Waals surface area contributed by atoms with Crippen LogP contribution in [0.5, 0.6) is 11.5 Å². The highest BCUT2D eigenvalue weighted by molar-refractivity contribution is 7.10. The Morgan fingerprint density at radius 3 is 1.39 bits per heavy atom. The highest BCUT2D eigenvalue weighted by atomic mass is 32.1. The molecule has 6 aromatic carbocycles. The summed E-state index contributed by atoms with van der Waals surface area (Å²) < 4.78 is 23.1. The number of fused-ring (bicyclic) bond motifs is 2. The number of hydrogen-bond donors (Lipinski definition) is 4. The highest BCUT2D eigenvalue weighted by Gasteiger charge is 2.42. The second-order valence-electron chi connectivity index (χ2n) is 29.5. The van der Waals surface area contributed by atoms with Crippen LogP contribution in [0.15, 0.2) is 144 Å². The molecule has 4 aliphatic rings. The van der Waals surface area contributed by atoms with Crippen LogP contribution in [0.2, 0.25) is 0 Å². The molecule has 2 aliphatic carbocycles. The maximum absolute atomic E-state index is 14.5. The van der Waals surface area contributed by atoms with Crippen molar-refractivity contribution in [1.29, 1.82) is 0 Å². The SMILES string of the molecule is C.C.C[C@@H](C(=O)N[C@H](C(=O)N1CCC[C@H]1c1nc(-c2ccc(OCc3ccccc3)c3ccccc23)cs1)C1CCCCC1)N(C)C(=O)OC(C)(C)C.C[C@@H](C(=O)N[C@H](C(=O)O)C1CCCCC1)N(C)C(=O)OC(C)(C)C.c1ccc(COc2ccc(-c3csc([C@@H]4CCCN4)n3)c3ccccc23)cc1. The third-order valence-corrected chi connectivity index (χ3v) is 21.6. The number of carbonyl (C=O) groups is 6. The first-order valence-electron chi connectivity index (χ1n) is 36.5. The van der Waals surface area contributed by atoms with E-state index in [1.54, 1.807) is 85.1 Å². The number of hydrogen-bond acceptors (Lipinski definition) is 15. The van der Waals surface area contributed by atoms with Crippen LogP contribution >= 0.6 is 22.7 Å². The number of aliphatic carboxylic acids is 1. The molecule has 105 heavy (non-hydrogen) atoms. The minimum Gasteiger partial charge on any atom is -0.488 e. The Hall–Kier alpha value is -8.92. The first kappa shape index (κ1) is 81.7. The molecular formula is C84H110N8O11S2. The monoisotopic (exact) mass is 1470 g/mol. The summed E-state index contributed by atoms with van der Waals surface area (Å²) in [5, 5.41) is 29.4. The fraction of sp³-hybridized carbons (Fsp3) is 0.476. The minimum atomic E-state index is -1.03. The van der Waals surface area contributed by atoms with Gasteiger partial charge in [-0.05, 0) is 171 Å². The van der Waals surface area contributed by atoms with E-state index in [0.29, 0.717) is 25.8 Å². The summed E-state index contributed by atoms with van der Waals surface area (Å²) >= 11 is 3.34. The van der Waals surface area contributed by atoms with E-state index in [0.717, 1.165) is 139 Å². The smallest absolute Gasteiger partial charge is 0.410 e. The van der Waals surface area contributed by atoms with Crippen molar-refractivity contribution in [2.45, 2.75) is 221 Å². The van der Waals surface area contributed by atoms with E-state index in [1.165, 1.54) is 51.2 Å². The minimum absolute atomic E-state index is 0. The molecule has 2 saturated carbocycles. The molecule has 2 aliphatic heterocycles. The lowest BCUT2D eigenvalue weighted by atomic mass is 9.83. The molecule has 4 heterocycles. The summed E-state index contributed by atoms with van der Waals surface area (Å²) in [7, 11) is 3.02. The number of ether oxygens (including phenoxy) is 4. The topological polar surface area (TPSA) is 231 Å². The number of likely N-dealkylation sites (tertiary alicyclic amines) is 1. The number of carboxylic acid groups (broad SMARTS) is 1. The molecule has 0 radical (unpaired) electrons. The number of likely N-dealkylation sites (N-methyl/N-ethyl adjacent to an activating group) is 2. The molecule has 2 aromatic heterocycles. The predicted octanol–water partition coefficient (Wildman–Crippen LogP) is 18.2. The third-order valence-electron chi connectivity index (χ3n) is 19.7. The summed E-state index contributed by atoms with van der Waals surface area (Å²) in [5.41, 5.74) is 5.05. The normalized spacial score (nSPS) is 17.3. The molecule has 0 spiro atoms. The molecule has 12 rings (SSSR count). The molecule has 0 bridgehead atoms. The molecule has 564 valence electrons. The summed E-state index contributed by atoms with van der Waals surface area (Å²) in [4.78, 5) is 91.3. The molecule has 0 unspecified atom stereocenters. The van der Waals surface area contributed by atoms with Crippen LogP contribution < -0.4 is 25.4 Å². The zero-order chi connectivity index (χ0) is 73.4. The Labute approximate surface area is 629 Å². The lowest BCUT2D eigenvalue weighted by molar-refractivity contribution is -0.144. The summed E-state index contributed by atoms with van der Waals surface area (Å²) in [5.74, 6) is -0.214. The first-order chi connectivity index (χ1) is 49.4. The van der Waals surface area contributed by atoms with Crippen molar-refractivity contribution in [1.82, 2.24) is 40.6 Å². The van der Waals surface area contributed by atoms with Gasteiger partial charge in [-0.3, -0.25) is 24.2 Å². The third kappa shape index (κ3) is 21.9.